The summed E-state index contributed by atoms with van der Waals surface area (Å²) in [6.07, 6.45) is 6.70. The highest BCUT2D eigenvalue weighted by atomic mass is 15.0. The topological polar surface area (TPSA) is 43.8 Å². The number of aromatic nitrogens is 2. The summed E-state index contributed by atoms with van der Waals surface area (Å²) in [6, 6.07) is 10.7. The van der Waals surface area contributed by atoms with E-state index in [9.17, 15) is 0 Å². The molecule has 0 amide bonds. The summed E-state index contributed by atoms with van der Waals surface area (Å²) in [6.45, 7) is 4.46. The van der Waals surface area contributed by atoms with Gasteiger partial charge in [0.15, 0.2) is 0 Å². The number of nitrogens with zero attached hydrogens (tertiary/aromatic N) is 2. The molecule has 1 aromatic carbocycles. The fourth-order valence-corrected chi connectivity index (χ4v) is 3.15. The molecule has 1 unspecified atom stereocenters. The minimum absolute atomic E-state index is 0.0210. The molecule has 0 aliphatic heterocycles. The SMILES string of the molecule is CCC(CC)(c1ccccc1)C(N)Cc1nccn1C. The lowest BCUT2D eigenvalue weighted by Gasteiger charge is -2.38. The van der Waals surface area contributed by atoms with Gasteiger partial charge in [-0.3, -0.25) is 0 Å². The van der Waals surface area contributed by atoms with E-state index in [1.807, 2.05) is 19.4 Å². The fourth-order valence-electron chi connectivity index (χ4n) is 3.15. The smallest absolute Gasteiger partial charge is 0.109 e. The second-order valence-corrected chi connectivity index (χ2v) is 5.49. The Morgan fingerprint density at radius 2 is 1.85 bits per heavy atom. The maximum atomic E-state index is 6.61. The third-order valence-corrected chi connectivity index (χ3v) is 4.64. The molecule has 2 aromatic rings. The maximum Gasteiger partial charge on any atom is 0.109 e. The highest BCUT2D eigenvalue weighted by molar-refractivity contribution is 5.28. The van der Waals surface area contributed by atoms with Gasteiger partial charge in [-0.2, -0.15) is 0 Å². The number of hydrogen-bond donors (Lipinski definition) is 1. The molecule has 0 saturated carbocycles. The number of aryl methyl sites for hydroxylation is 1. The van der Waals surface area contributed by atoms with Gasteiger partial charge in [0.2, 0.25) is 0 Å². The van der Waals surface area contributed by atoms with Crippen LogP contribution >= 0.6 is 0 Å². The van der Waals surface area contributed by atoms with Crippen LogP contribution in [-0.4, -0.2) is 15.6 Å². The maximum absolute atomic E-state index is 6.61. The van der Waals surface area contributed by atoms with E-state index in [0.717, 1.165) is 25.1 Å². The quantitative estimate of drug-likeness (QED) is 0.877. The molecular formula is C17H25N3. The van der Waals surface area contributed by atoms with E-state index >= 15 is 0 Å². The molecule has 2 N–H and O–H groups in total. The number of hydrogen-bond acceptors (Lipinski definition) is 2. The molecule has 0 aliphatic carbocycles. The van der Waals surface area contributed by atoms with Crippen molar-refractivity contribution in [2.24, 2.45) is 12.8 Å². The standard InChI is InChI=1S/C17H25N3/c1-4-17(5-2,14-9-7-6-8-10-14)15(18)13-16-19-11-12-20(16)3/h6-12,15H,4-5,13,18H2,1-3H3. The average molecular weight is 271 g/mol. The van der Waals surface area contributed by atoms with E-state index in [-0.39, 0.29) is 11.5 Å². The molecule has 0 saturated heterocycles. The molecule has 0 fully saturated rings. The first-order chi connectivity index (χ1) is 9.64. The molecule has 1 atom stereocenters. The minimum atomic E-state index is 0.0210. The van der Waals surface area contributed by atoms with Gasteiger partial charge in [-0.1, -0.05) is 44.2 Å². The Balaban J connectivity index is 2.30. The summed E-state index contributed by atoms with van der Waals surface area (Å²) in [5.74, 6) is 1.06. The molecule has 108 valence electrons. The van der Waals surface area contributed by atoms with E-state index < -0.39 is 0 Å². The summed E-state index contributed by atoms with van der Waals surface area (Å²) < 4.78 is 2.06. The zero-order valence-corrected chi connectivity index (χ0v) is 12.7. The van der Waals surface area contributed by atoms with Gasteiger partial charge in [-0.25, -0.2) is 4.98 Å². The summed E-state index contributed by atoms with van der Waals surface area (Å²) >= 11 is 0. The van der Waals surface area contributed by atoms with Crippen LogP contribution in [-0.2, 0) is 18.9 Å². The van der Waals surface area contributed by atoms with Gasteiger partial charge in [0.25, 0.3) is 0 Å². The summed E-state index contributed by atoms with van der Waals surface area (Å²) in [5.41, 5.74) is 7.97. The predicted molar refractivity (Wildman–Crippen MR) is 83.6 cm³/mol. The second kappa shape index (κ2) is 6.23. The Bertz CT molecular complexity index is 526. The lowest BCUT2D eigenvalue weighted by atomic mass is 9.69. The molecule has 0 spiro atoms. The van der Waals surface area contributed by atoms with Gasteiger partial charge < -0.3 is 10.3 Å². The van der Waals surface area contributed by atoms with Gasteiger partial charge in [-0.05, 0) is 18.4 Å². The molecule has 20 heavy (non-hydrogen) atoms. The van der Waals surface area contributed by atoms with Crippen molar-refractivity contribution in [2.75, 3.05) is 0 Å². The predicted octanol–water partition coefficient (Wildman–Crippen LogP) is 3.05. The Morgan fingerprint density at radius 3 is 2.35 bits per heavy atom. The van der Waals surface area contributed by atoms with E-state index in [4.69, 9.17) is 5.73 Å². The molecule has 2 rings (SSSR count). The van der Waals surface area contributed by atoms with E-state index in [1.165, 1.54) is 5.56 Å². The van der Waals surface area contributed by atoms with Crippen molar-refractivity contribution < 1.29 is 0 Å². The van der Waals surface area contributed by atoms with Gasteiger partial charge in [0, 0.05) is 37.3 Å². The normalized spacial score (nSPS) is 13.4. The van der Waals surface area contributed by atoms with Crippen molar-refractivity contribution in [2.45, 2.75) is 44.6 Å². The van der Waals surface area contributed by atoms with Crippen LogP contribution in [0.2, 0.25) is 0 Å². The van der Waals surface area contributed by atoms with Crippen LogP contribution in [0.3, 0.4) is 0 Å². The first-order valence-corrected chi connectivity index (χ1v) is 7.41. The van der Waals surface area contributed by atoms with Gasteiger partial charge >= 0.3 is 0 Å². The van der Waals surface area contributed by atoms with Crippen molar-refractivity contribution >= 4 is 0 Å². The van der Waals surface area contributed by atoms with Gasteiger partial charge in [-0.15, -0.1) is 0 Å². The third kappa shape index (κ3) is 2.63. The Labute approximate surface area is 121 Å². The first-order valence-electron chi connectivity index (χ1n) is 7.41. The molecule has 1 aromatic heterocycles. The number of nitrogens with two attached hydrogens (primary N) is 1. The zero-order chi connectivity index (χ0) is 14.6. The number of rotatable bonds is 6. The summed E-state index contributed by atoms with van der Waals surface area (Å²) in [7, 11) is 2.02. The average Bonchev–Trinajstić information content (AvgIpc) is 2.87. The molecule has 1 heterocycles. The lowest BCUT2D eigenvalue weighted by molar-refractivity contribution is 0.310. The van der Waals surface area contributed by atoms with Crippen LogP contribution in [0, 0.1) is 0 Å². The largest absolute Gasteiger partial charge is 0.338 e. The van der Waals surface area contributed by atoms with Crippen molar-refractivity contribution in [1.29, 1.82) is 0 Å². The van der Waals surface area contributed by atoms with Gasteiger partial charge in [0.1, 0.15) is 5.82 Å². The van der Waals surface area contributed by atoms with Crippen LogP contribution in [0.15, 0.2) is 42.7 Å². The lowest BCUT2D eigenvalue weighted by Crippen LogP contribution is -2.46. The van der Waals surface area contributed by atoms with E-state index in [2.05, 4.69) is 53.7 Å². The van der Waals surface area contributed by atoms with Crippen molar-refractivity contribution in [3.63, 3.8) is 0 Å². The van der Waals surface area contributed by atoms with E-state index in [1.54, 1.807) is 0 Å². The van der Waals surface area contributed by atoms with Crippen LogP contribution in [0.25, 0.3) is 0 Å². The molecule has 3 nitrogen and oxygen atoms in total. The number of benzene rings is 1. The fraction of sp³-hybridized carbons (Fsp3) is 0.471. The Kier molecular flexibility index (Phi) is 4.61. The Hall–Kier alpha value is -1.61. The molecular weight excluding hydrogens is 246 g/mol. The van der Waals surface area contributed by atoms with Gasteiger partial charge in [0.05, 0.1) is 0 Å². The van der Waals surface area contributed by atoms with Crippen LogP contribution in [0.5, 0.6) is 0 Å². The van der Waals surface area contributed by atoms with Crippen molar-refractivity contribution in [3.05, 3.63) is 54.1 Å². The van der Waals surface area contributed by atoms with Crippen molar-refractivity contribution in [1.82, 2.24) is 9.55 Å². The second-order valence-electron chi connectivity index (χ2n) is 5.49. The van der Waals surface area contributed by atoms with Crippen molar-refractivity contribution in [3.8, 4) is 0 Å². The molecule has 0 bridgehead atoms. The zero-order valence-electron chi connectivity index (χ0n) is 12.7. The monoisotopic (exact) mass is 271 g/mol. The Morgan fingerprint density at radius 1 is 1.20 bits per heavy atom. The third-order valence-electron chi connectivity index (χ3n) is 4.64. The highest BCUT2D eigenvalue weighted by Crippen LogP contribution is 2.35. The van der Waals surface area contributed by atoms with Crippen LogP contribution in [0.4, 0.5) is 0 Å². The summed E-state index contributed by atoms with van der Waals surface area (Å²) in [5, 5.41) is 0. The number of imidazole rings is 1. The van der Waals surface area contributed by atoms with Crippen LogP contribution < -0.4 is 5.73 Å². The molecule has 0 aliphatic rings. The molecule has 0 radical (unpaired) electrons. The molecule has 3 heteroatoms. The van der Waals surface area contributed by atoms with E-state index in [0.29, 0.717) is 0 Å². The van der Waals surface area contributed by atoms with Crippen LogP contribution in [0.1, 0.15) is 38.1 Å². The summed E-state index contributed by atoms with van der Waals surface area (Å²) in [4.78, 5) is 4.41. The minimum Gasteiger partial charge on any atom is -0.338 e. The highest BCUT2D eigenvalue weighted by Gasteiger charge is 2.35. The first kappa shape index (κ1) is 14.8.